The first-order valence-electron chi connectivity index (χ1n) is 9.83. The van der Waals surface area contributed by atoms with Crippen molar-refractivity contribution in [2.45, 2.75) is 70.4 Å². The lowest BCUT2D eigenvalue weighted by molar-refractivity contribution is 0.412. The molecule has 0 unspecified atom stereocenters. The topological polar surface area (TPSA) is 3.24 Å². The fraction of sp³-hybridized carbons (Fsp3) is 0.478. The fourth-order valence-corrected chi connectivity index (χ4v) is 4.64. The number of anilines is 1. The Bertz CT molecular complexity index is 655. The minimum Gasteiger partial charge on any atom is -0.364 e. The predicted octanol–water partition coefficient (Wildman–Crippen LogP) is 5.90. The van der Waals surface area contributed by atoms with Gasteiger partial charge in [0.05, 0.1) is 0 Å². The monoisotopic (exact) mass is 319 g/mol. The van der Waals surface area contributed by atoms with Gasteiger partial charge in [0.1, 0.15) is 0 Å². The first kappa shape index (κ1) is 15.7. The van der Waals surface area contributed by atoms with Crippen LogP contribution in [0.15, 0.2) is 48.5 Å². The largest absolute Gasteiger partial charge is 0.364 e. The van der Waals surface area contributed by atoms with Crippen molar-refractivity contribution in [1.29, 1.82) is 0 Å². The van der Waals surface area contributed by atoms with Gasteiger partial charge in [0.15, 0.2) is 0 Å². The molecule has 1 saturated carbocycles. The zero-order valence-corrected chi connectivity index (χ0v) is 14.7. The van der Waals surface area contributed by atoms with Crippen LogP contribution in [-0.4, -0.2) is 6.04 Å². The van der Waals surface area contributed by atoms with E-state index in [4.69, 9.17) is 0 Å². The summed E-state index contributed by atoms with van der Waals surface area (Å²) in [4.78, 5) is 2.70. The summed E-state index contributed by atoms with van der Waals surface area (Å²) in [6, 6.07) is 18.8. The third-order valence-electron chi connectivity index (χ3n) is 5.94. The van der Waals surface area contributed by atoms with Crippen LogP contribution < -0.4 is 4.90 Å². The highest BCUT2D eigenvalue weighted by Crippen LogP contribution is 2.31. The van der Waals surface area contributed by atoms with Gasteiger partial charge in [-0.1, -0.05) is 55.7 Å². The van der Waals surface area contributed by atoms with E-state index in [0.29, 0.717) is 6.04 Å². The molecule has 2 aromatic rings. The van der Waals surface area contributed by atoms with E-state index in [2.05, 4.69) is 53.4 Å². The Balaban J connectivity index is 1.64. The van der Waals surface area contributed by atoms with Gasteiger partial charge in [0, 0.05) is 18.3 Å². The number of nitrogens with zero attached hydrogens (tertiary/aromatic N) is 1. The lowest BCUT2D eigenvalue weighted by Crippen LogP contribution is -2.36. The molecule has 1 nitrogen and oxygen atoms in total. The number of fused-ring (bicyclic) bond motifs is 1. The number of rotatable bonds is 4. The molecule has 0 radical (unpaired) electrons. The quantitative estimate of drug-likeness (QED) is 0.677. The molecule has 0 saturated heterocycles. The molecule has 2 aliphatic rings. The molecule has 0 N–H and O–H groups in total. The molecule has 1 heteroatoms. The molecule has 2 aromatic carbocycles. The van der Waals surface area contributed by atoms with E-state index >= 15 is 0 Å². The molecule has 4 rings (SSSR count). The van der Waals surface area contributed by atoms with Gasteiger partial charge in [0.2, 0.25) is 0 Å². The minimum atomic E-state index is 0.709. The third-order valence-corrected chi connectivity index (χ3v) is 5.94. The Morgan fingerprint density at radius 2 is 1.54 bits per heavy atom. The van der Waals surface area contributed by atoms with E-state index < -0.39 is 0 Å². The van der Waals surface area contributed by atoms with Crippen LogP contribution >= 0.6 is 0 Å². The van der Waals surface area contributed by atoms with Crippen molar-refractivity contribution >= 4 is 5.69 Å². The normalized spacial score (nSPS) is 18.2. The lowest BCUT2D eigenvalue weighted by Gasteiger charge is -2.37. The SMILES string of the molecule is c1ccc(N(Cc2cccc3c2CCCC3)C2CCCCC2)cc1. The second-order valence-electron chi connectivity index (χ2n) is 7.52. The van der Waals surface area contributed by atoms with Gasteiger partial charge in [-0.15, -0.1) is 0 Å². The molecule has 24 heavy (non-hydrogen) atoms. The Morgan fingerprint density at radius 1 is 0.750 bits per heavy atom. The summed E-state index contributed by atoms with van der Waals surface area (Å²) in [5.41, 5.74) is 6.23. The molecule has 0 aromatic heterocycles. The highest BCUT2D eigenvalue weighted by atomic mass is 15.2. The summed E-state index contributed by atoms with van der Waals surface area (Å²) in [6.07, 6.45) is 12.2. The second kappa shape index (κ2) is 7.42. The van der Waals surface area contributed by atoms with Crippen LogP contribution in [0.4, 0.5) is 5.69 Å². The van der Waals surface area contributed by atoms with Crippen LogP contribution in [0.1, 0.15) is 61.6 Å². The van der Waals surface area contributed by atoms with Crippen molar-refractivity contribution in [2.24, 2.45) is 0 Å². The molecular weight excluding hydrogens is 290 g/mol. The van der Waals surface area contributed by atoms with Crippen LogP contribution in [-0.2, 0) is 19.4 Å². The Morgan fingerprint density at radius 3 is 2.38 bits per heavy atom. The van der Waals surface area contributed by atoms with Crippen molar-refractivity contribution in [3.05, 3.63) is 65.2 Å². The van der Waals surface area contributed by atoms with Gasteiger partial charge in [-0.25, -0.2) is 0 Å². The van der Waals surface area contributed by atoms with E-state index in [-0.39, 0.29) is 0 Å². The van der Waals surface area contributed by atoms with Crippen LogP contribution in [0.2, 0.25) is 0 Å². The van der Waals surface area contributed by atoms with Gasteiger partial charge in [-0.05, 0) is 67.3 Å². The average molecular weight is 319 g/mol. The maximum Gasteiger partial charge on any atom is 0.0435 e. The van der Waals surface area contributed by atoms with E-state index in [9.17, 15) is 0 Å². The number of para-hydroxylation sites is 1. The maximum atomic E-state index is 2.70. The van der Waals surface area contributed by atoms with Crippen molar-refractivity contribution in [2.75, 3.05) is 4.90 Å². The Labute approximate surface area is 146 Å². The molecule has 2 aliphatic carbocycles. The molecular formula is C23H29N. The lowest BCUT2D eigenvalue weighted by atomic mass is 9.87. The number of aryl methyl sites for hydroxylation is 1. The highest BCUT2D eigenvalue weighted by Gasteiger charge is 2.23. The standard InChI is InChI=1S/C23H29N/c1-3-13-21(14-4-1)24(22-15-5-2-6-16-22)18-20-12-9-11-19-10-7-8-17-23(19)20/h1,3-4,9,11-14,22H,2,5-8,10,15-18H2. The van der Waals surface area contributed by atoms with Crippen molar-refractivity contribution in [1.82, 2.24) is 0 Å². The molecule has 126 valence electrons. The first-order chi connectivity index (χ1) is 11.9. The van der Waals surface area contributed by atoms with Crippen LogP contribution in [0.25, 0.3) is 0 Å². The van der Waals surface area contributed by atoms with E-state index in [1.54, 1.807) is 16.7 Å². The molecule has 0 aliphatic heterocycles. The fourth-order valence-electron chi connectivity index (χ4n) is 4.64. The molecule has 0 spiro atoms. The van der Waals surface area contributed by atoms with Gasteiger partial charge in [0.25, 0.3) is 0 Å². The Kier molecular flexibility index (Phi) is 4.87. The molecule has 0 atom stereocenters. The molecule has 0 amide bonds. The maximum absolute atomic E-state index is 2.70. The predicted molar refractivity (Wildman–Crippen MR) is 103 cm³/mol. The Hall–Kier alpha value is -1.76. The smallest absolute Gasteiger partial charge is 0.0435 e. The van der Waals surface area contributed by atoms with Gasteiger partial charge < -0.3 is 4.90 Å². The summed E-state index contributed by atoms with van der Waals surface area (Å²) in [7, 11) is 0. The van der Waals surface area contributed by atoms with E-state index in [0.717, 1.165) is 6.54 Å². The summed E-state index contributed by atoms with van der Waals surface area (Å²) in [6.45, 7) is 1.08. The van der Waals surface area contributed by atoms with E-state index in [1.807, 2.05) is 0 Å². The van der Waals surface area contributed by atoms with Crippen LogP contribution in [0.3, 0.4) is 0 Å². The van der Waals surface area contributed by atoms with Crippen molar-refractivity contribution < 1.29 is 0 Å². The number of hydrogen-bond donors (Lipinski definition) is 0. The summed E-state index contributed by atoms with van der Waals surface area (Å²) in [5, 5.41) is 0. The average Bonchev–Trinajstić information content (AvgIpc) is 2.67. The summed E-state index contributed by atoms with van der Waals surface area (Å²) >= 11 is 0. The second-order valence-corrected chi connectivity index (χ2v) is 7.52. The molecule has 0 heterocycles. The number of benzene rings is 2. The molecule has 1 fully saturated rings. The van der Waals surface area contributed by atoms with Gasteiger partial charge in [-0.2, -0.15) is 0 Å². The number of hydrogen-bond acceptors (Lipinski definition) is 1. The zero-order chi connectivity index (χ0) is 16.2. The van der Waals surface area contributed by atoms with E-state index in [1.165, 1.54) is 63.5 Å². The third kappa shape index (κ3) is 3.36. The van der Waals surface area contributed by atoms with Crippen LogP contribution in [0.5, 0.6) is 0 Å². The molecule has 0 bridgehead atoms. The highest BCUT2D eigenvalue weighted by molar-refractivity contribution is 5.49. The summed E-state index contributed by atoms with van der Waals surface area (Å²) in [5.74, 6) is 0. The van der Waals surface area contributed by atoms with Gasteiger partial charge >= 0.3 is 0 Å². The van der Waals surface area contributed by atoms with Crippen LogP contribution in [0, 0.1) is 0 Å². The van der Waals surface area contributed by atoms with Crippen molar-refractivity contribution in [3.8, 4) is 0 Å². The minimum absolute atomic E-state index is 0.709. The van der Waals surface area contributed by atoms with Gasteiger partial charge in [-0.3, -0.25) is 0 Å². The van der Waals surface area contributed by atoms with Crippen molar-refractivity contribution in [3.63, 3.8) is 0 Å². The first-order valence-corrected chi connectivity index (χ1v) is 9.83. The summed E-state index contributed by atoms with van der Waals surface area (Å²) < 4.78 is 0. The zero-order valence-electron chi connectivity index (χ0n) is 14.7.